The van der Waals surface area contributed by atoms with Crippen molar-refractivity contribution >= 4 is 17.6 Å². The summed E-state index contributed by atoms with van der Waals surface area (Å²) >= 11 is 0. The van der Waals surface area contributed by atoms with Gasteiger partial charge in [-0.2, -0.15) is 13.2 Å². The lowest BCUT2D eigenvalue weighted by Crippen LogP contribution is -2.46. The lowest BCUT2D eigenvalue weighted by molar-refractivity contribution is -0.137. The number of carbonyl (C=O) groups is 2. The maximum atomic E-state index is 12.7. The monoisotopic (exact) mass is 400 g/mol. The van der Waals surface area contributed by atoms with E-state index in [0.717, 1.165) is 38.2 Å². The van der Waals surface area contributed by atoms with E-state index < -0.39 is 23.8 Å². The number of urea groups is 1. The van der Waals surface area contributed by atoms with E-state index >= 15 is 0 Å². The Kier molecular flexibility index (Phi) is 8.10. The summed E-state index contributed by atoms with van der Waals surface area (Å²) in [5.74, 6) is -0.335. The molecule has 1 aromatic carbocycles. The molecule has 9 heteroatoms. The third-order valence-electron chi connectivity index (χ3n) is 4.59. The highest BCUT2D eigenvalue weighted by atomic mass is 19.4. The number of rotatable bonds is 7. The molecule has 1 saturated heterocycles. The fourth-order valence-electron chi connectivity index (χ4n) is 3.05. The van der Waals surface area contributed by atoms with E-state index in [2.05, 4.69) is 20.9 Å². The quantitative estimate of drug-likeness (QED) is 0.616. The lowest BCUT2D eigenvalue weighted by atomic mass is 10.1. The molecule has 1 heterocycles. The van der Waals surface area contributed by atoms with Gasteiger partial charge in [-0.25, -0.2) is 4.79 Å². The first-order valence-electron chi connectivity index (χ1n) is 9.50. The number of piperidine rings is 1. The second-order valence-corrected chi connectivity index (χ2v) is 6.95. The van der Waals surface area contributed by atoms with Crippen molar-refractivity contribution in [3.05, 3.63) is 29.8 Å². The summed E-state index contributed by atoms with van der Waals surface area (Å²) in [6.07, 6.45) is 0.0476. The first kappa shape index (κ1) is 22.0. The van der Waals surface area contributed by atoms with E-state index in [4.69, 9.17) is 0 Å². The highest BCUT2D eigenvalue weighted by Crippen LogP contribution is 2.30. The third kappa shape index (κ3) is 7.38. The Bertz CT molecular complexity index is 661. The SMILES string of the molecule is C[C@H](NC(=O)Nc1cccc(C(F)(F)F)c1)C(=O)NCCCN1CCCCC1. The number of nitrogens with one attached hydrogen (secondary N) is 3. The smallest absolute Gasteiger partial charge is 0.354 e. The summed E-state index contributed by atoms with van der Waals surface area (Å²) in [5.41, 5.74) is -0.855. The molecule has 6 nitrogen and oxygen atoms in total. The van der Waals surface area contributed by atoms with Crippen LogP contribution in [0.1, 0.15) is 38.2 Å². The number of hydrogen-bond donors (Lipinski definition) is 3. The molecular weight excluding hydrogens is 373 g/mol. The van der Waals surface area contributed by atoms with E-state index in [1.807, 2.05) is 0 Å². The van der Waals surface area contributed by atoms with Crippen LogP contribution in [0.3, 0.4) is 0 Å². The number of hydrogen-bond acceptors (Lipinski definition) is 3. The topological polar surface area (TPSA) is 73.5 Å². The van der Waals surface area contributed by atoms with Crippen LogP contribution in [-0.4, -0.2) is 49.1 Å². The molecule has 0 unspecified atom stereocenters. The predicted molar refractivity (Wildman–Crippen MR) is 101 cm³/mol. The number of carbonyl (C=O) groups excluding carboxylic acids is 2. The van der Waals surface area contributed by atoms with Gasteiger partial charge in [0.1, 0.15) is 6.04 Å². The average Bonchev–Trinajstić information content (AvgIpc) is 2.65. The molecule has 0 aliphatic carbocycles. The maximum absolute atomic E-state index is 12.7. The van der Waals surface area contributed by atoms with Gasteiger partial charge in [-0.3, -0.25) is 4.79 Å². The van der Waals surface area contributed by atoms with Gasteiger partial charge in [0.2, 0.25) is 5.91 Å². The van der Waals surface area contributed by atoms with E-state index in [0.29, 0.717) is 6.54 Å². The number of likely N-dealkylation sites (tertiary alicyclic amines) is 1. The fraction of sp³-hybridized carbons (Fsp3) is 0.579. The molecule has 3 N–H and O–H groups in total. The second kappa shape index (κ2) is 10.3. The Labute approximate surface area is 162 Å². The zero-order valence-electron chi connectivity index (χ0n) is 15.9. The van der Waals surface area contributed by atoms with Crippen molar-refractivity contribution in [2.45, 2.75) is 44.8 Å². The zero-order chi connectivity index (χ0) is 20.6. The summed E-state index contributed by atoms with van der Waals surface area (Å²) in [4.78, 5) is 26.4. The van der Waals surface area contributed by atoms with Gasteiger partial charge in [-0.15, -0.1) is 0 Å². The van der Waals surface area contributed by atoms with Gasteiger partial charge in [0.25, 0.3) is 0 Å². The Hall–Kier alpha value is -2.29. The van der Waals surface area contributed by atoms with Crippen molar-refractivity contribution in [3.8, 4) is 0 Å². The Morgan fingerprint density at radius 2 is 1.89 bits per heavy atom. The molecule has 28 heavy (non-hydrogen) atoms. The molecule has 1 aliphatic heterocycles. The first-order chi connectivity index (χ1) is 13.3. The molecule has 1 atom stereocenters. The van der Waals surface area contributed by atoms with Crippen molar-refractivity contribution in [2.24, 2.45) is 0 Å². The van der Waals surface area contributed by atoms with Crippen molar-refractivity contribution in [2.75, 3.05) is 31.5 Å². The molecule has 0 spiro atoms. The molecular formula is C19H27F3N4O2. The highest BCUT2D eigenvalue weighted by Gasteiger charge is 2.30. The predicted octanol–water partition coefficient (Wildman–Crippen LogP) is 3.21. The van der Waals surface area contributed by atoms with Crippen LogP contribution in [0, 0.1) is 0 Å². The Morgan fingerprint density at radius 1 is 1.18 bits per heavy atom. The standard InChI is InChI=1S/C19H27F3N4O2/c1-14(17(27)23-9-6-12-26-10-3-2-4-11-26)24-18(28)25-16-8-5-7-15(13-16)19(20,21)22/h5,7-8,13-14H,2-4,6,9-12H2,1H3,(H,23,27)(H2,24,25,28)/t14-/m0/s1. The van der Waals surface area contributed by atoms with Crippen molar-refractivity contribution in [1.29, 1.82) is 0 Å². The first-order valence-corrected chi connectivity index (χ1v) is 9.50. The number of anilines is 1. The van der Waals surface area contributed by atoms with Crippen LogP contribution >= 0.6 is 0 Å². The maximum Gasteiger partial charge on any atom is 0.416 e. The van der Waals surface area contributed by atoms with Crippen molar-refractivity contribution in [1.82, 2.24) is 15.5 Å². The minimum absolute atomic E-state index is 0.00136. The summed E-state index contributed by atoms with van der Waals surface area (Å²) in [5, 5.41) is 7.50. The number of nitrogens with zero attached hydrogens (tertiary/aromatic N) is 1. The number of halogens is 3. The zero-order valence-corrected chi connectivity index (χ0v) is 15.9. The average molecular weight is 400 g/mol. The number of benzene rings is 1. The number of amides is 3. The largest absolute Gasteiger partial charge is 0.416 e. The summed E-state index contributed by atoms with van der Waals surface area (Å²) in [6.45, 7) is 5.16. The summed E-state index contributed by atoms with van der Waals surface area (Å²) in [6, 6.07) is 2.77. The van der Waals surface area contributed by atoms with Crippen molar-refractivity contribution in [3.63, 3.8) is 0 Å². The van der Waals surface area contributed by atoms with Crippen LogP contribution in [0.5, 0.6) is 0 Å². The minimum atomic E-state index is -4.49. The molecule has 0 radical (unpaired) electrons. The molecule has 1 fully saturated rings. The van der Waals surface area contributed by atoms with Crippen LogP contribution in [0.25, 0.3) is 0 Å². The van der Waals surface area contributed by atoms with Crippen LogP contribution in [0.15, 0.2) is 24.3 Å². The third-order valence-corrected chi connectivity index (χ3v) is 4.59. The molecule has 2 rings (SSSR count). The van der Waals surface area contributed by atoms with Crippen LogP contribution < -0.4 is 16.0 Å². The molecule has 156 valence electrons. The van der Waals surface area contributed by atoms with E-state index in [-0.39, 0.29) is 11.6 Å². The van der Waals surface area contributed by atoms with Gasteiger partial charge in [0.15, 0.2) is 0 Å². The summed E-state index contributed by atoms with van der Waals surface area (Å²) < 4.78 is 38.1. The minimum Gasteiger partial charge on any atom is -0.354 e. The van der Waals surface area contributed by atoms with E-state index in [1.165, 1.54) is 38.3 Å². The fourth-order valence-corrected chi connectivity index (χ4v) is 3.05. The molecule has 0 saturated carbocycles. The highest BCUT2D eigenvalue weighted by molar-refractivity contribution is 5.93. The van der Waals surface area contributed by atoms with Gasteiger partial charge < -0.3 is 20.9 Å². The Morgan fingerprint density at radius 3 is 2.57 bits per heavy atom. The molecule has 1 aromatic rings. The van der Waals surface area contributed by atoms with Crippen molar-refractivity contribution < 1.29 is 22.8 Å². The normalized spacial score (nSPS) is 16.3. The van der Waals surface area contributed by atoms with Gasteiger partial charge in [0, 0.05) is 12.2 Å². The molecule has 1 aliphatic rings. The van der Waals surface area contributed by atoms with Crippen LogP contribution in [-0.2, 0) is 11.0 Å². The van der Waals surface area contributed by atoms with Gasteiger partial charge in [-0.1, -0.05) is 12.5 Å². The van der Waals surface area contributed by atoms with Gasteiger partial charge >= 0.3 is 12.2 Å². The van der Waals surface area contributed by atoms with Gasteiger partial charge in [-0.05, 0) is 64.0 Å². The van der Waals surface area contributed by atoms with Crippen LogP contribution in [0.4, 0.5) is 23.7 Å². The molecule has 0 aromatic heterocycles. The van der Waals surface area contributed by atoms with E-state index in [1.54, 1.807) is 0 Å². The van der Waals surface area contributed by atoms with Gasteiger partial charge in [0.05, 0.1) is 5.56 Å². The van der Waals surface area contributed by atoms with Crippen LogP contribution in [0.2, 0.25) is 0 Å². The number of alkyl halides is 3. The molecule has 3 amide bonds. The Balaban J connectivity index is 1.70. The second-order valence-electron chi connectivity index (χ2n) is 6.95. The lowest BCUT2D eigenvalue weighted by Gasteiger charge is -2.26. The molecule has 0 bridgehead atoms. The van der Waals surface area contributed by atoms with E-state index in [9.17, 15) is 22.8 Å². The summed E-state index contributed by atoms with van der Waals surface area (Å²) in [7, 11) is 0.